The molecule has 0 aromatic heterocycles. The largest absolute Gasteiger partial charge is 0.390 e. The lowest BCUT2D eigenvalue weighted by Crippen LogP contribution is -2.47. The van der Waals surface area contributed by atoms with Gasteiger partial charge in [0.25, 0.3) is 0 Å². The van der Waals surface area contributed by atoms with Crippen LogP contribution in [0.2, 0.25) is 0 Å². The number of nitrogens with zero attached hydrogens (tertiary/aromatic N) is 3. The van der Waals surface area contributed by atoms with Crippen LogP contribution >= 0.6 is 0 Å². The summed E-state index contributed by atoms with van der Waals surface area (Å²) in [5, 5.41) is 10.3. The number of amides is 1. The average molecular weight is 357 g/mol. The smallest absolute Gasteiger partial charge is 0.219 e. The molecule has 2 fully saturated rings. The highest BCUT2D eigenvalue weighted by Crippen LogP contribution is 2.29. The maximum absolute atomic E-state index is 11.7. The molecule has 1 aliphatic carbocycles. The molecule has 5 heteroatoms. The molecule has 2 heterocycles. The van der Waals surface area contributed by atoms with Crippen molar-refractivity contribution < 1.29 is 9.90 Å². The number of anilines is 1. The highest BCUT2D eigenvalue weighted by atomic mass is 16.3. The Morgan fingerprint density at radius 2 is 1.81 bits per heavy atom. The lowest BCUT2D eigenvalue weighted by atomic mass is 10.0. The quantitative estimate of drug-likeness (QED) is 0.875. The van der Waals surface area contributed by atoms with Gasteiger partial charge in [-0.3, -0.25) is 9.69 Å². The number of carbonyl (C=O) groups is 1. The lowest BCUT2D eigenvalue weighted by Gasteiger charge is -2.39. The minimum Gasteiger partial charge on any atom is -0.390 e. The molecule has 3 aliphatic rings. The molecular weight excluding hydrogens is 326 g/mol. The third-order valence-corrected chi connectivity index (χ3v) is 6.41. The molecule has 1 aromatic rings. The summed E-state index contributed by atoms with van der Waals surface area (Å²) >= 11 is 0. The summed E-state index contributed by atoms with van der Waals surface area (Å²) in [5.41, 5.74) is 4.46. The number of aliphatic hydroxyl groups excluding tert-OH is 1. The van der Waals surface area contributed by atoms with E-state index in [2.05, 4.69) is 28.0 Å². The van der Waals surface area contributed by atoms with Gasteiger partial charge in [-0.25, -0.2) is 0 Å². The van der Waals surface area contributed by atoms with Gasteiger partial charge < -0.3 is 14.9 Å². The fraction of sp³-hybridized carbons (Fsp3) is 0.667. The number of aliphatic hydroxyl groups is 1. The number of β-amino-alcohol motifs (C(OH)–C–C–N with tert-alkyl or cyclic N) is 1. The van der Waals surface area contributed by atoms with Crippen LogP contribution in [0, 0.1) is 0 Å². The fourth-order valence-corrected chi connectivity index (χ4v) is 4.88. The standard InChI is InChI=1S/C21H31N3O2/c1-16(25)23-11-12-24(15-21(26)14-23)19-7-9-22(10-8-19)20-6-5-17-3-2-4-18(17)13-20/h5-6,13,19,21,26H,2-4,7-12,14-15H2,1H3. The van der Waals surface area contributed by atoms with E-state index in [1.54, 1.807) is 17.4 Å². The molecule has 0 spiro atoms. The molecule has 0 radical (unpaired) electrons. The molecule has 142 valence electrons. The molecule has 1 unspecified atom stereocenters. The van der Waals surface area contributed by atoms with Crippen molar-refractivity contribution in [3.8, 4) is 0 Å². The van der Waals surface area contributed by atoms with Crippen molar-refractivity contribution in [3.05, 3.63) is 29.3 Å². The Labute approximate surface area is 156 Å². The number of piperidine rings is 1. The Morgan fingerprint density at radius 3 is 2.58 bits per heavy atom. The third kappa shape index (κ3) is 3.74. The molecule has 1 aromatic carbocycles. The molecule has 1 amide bonds. The first-order valence-electron chi connectivity index (χ1n) is 10.1. The van der Waals surface area contributed by atoms with Crippen molar-refractivity contribution in [1.82, 2.24) is 9.80 Å². The molecule has 1 atom stereocenters. The van der Waals surface area contributed by atoms with Crippen molar-refractivity contribution >= 4 is 11.6 Å². The first-order chi connectivity index (χ1) is 12.6. The van der Waals surface area contributed by atoms with Crippen LogP contribution in [0.25, 0.3) is 0 Å². The SMILES string of the molecule is CC(=O)N1CCN(C2CCN(c3ccc4c(c3)CCC4)CC2)CC(O)C1. The second-order valence-corrected chi connectivity index (χ2v) is 8.14. The highest BCUT2D eigenvalue weighted by molar-refractivity contribution is 5.73. The van der Waals surface area contributed by atoms with Crippen molar-refractivity contribution in [2.45, 2.75) is 51.2 Å². The number of hydrogen-bond donors (Lipinski definition) is 1. The van der Waals surface area contributed by atoms with Gasteiger partial charge in [0.1, 0.15) is 0 Å². The van der Waals surface area contributed by atoms with Gasteiger partial charge in [0, 0.05) is 57.9 Å². The number of aryl methyl sites for hydroxylation is 2. The van der Waals surface area contributed by atoms with E-state index in [-0.39, 0.29) is 5.91 Å². The summed E-state index contributed by atoms with van der Waals surface area (Å²) in [6.45, 7) is 6.51. The van der Waals surface area contributed by atoms with E-state index in [1.807, 2.05) is 0 Å². The molecule has 2 saturated heterocycles. The van der Waals surface area contributed by atoms with Gasteiger partial charge in [0.2, 0.25) is 5.91 Å². The van der Waals surface area contributed by atoms with Gasteiger partial charge in [0.15, 0.2) is 0 Å². The minimum absolute atomic E-state index is 0.0670. The van der Waals surface area contributed by atoms with Crippen LogP contribution in [0.4, 0.5) is 5.69 Å². The van der Waals surface area contributed by atoms with Gasteiger partial charge >= 0.3 is 0 Å². The van der Waals surface area contributed by atoms with Crippen LogP contribution in [0.5, 0.6) is 0 Å². The first-order valence-corrected chi connectivity index (χ1v) is 10.1. The third-order valence-electron chi connectivity index (χ3n) is 6.41. The van der Waals surface area contributed by atoms with E-state index >= 15 is 0 Å². The van der Waals surface area contributed by atoms with Crippen LogP contribution in [-0.2, 0) is 17.6 Å². The predicted molar refractivity (Wildman–Crippen MR) is 104 cm³/mol. The first kappa shape index (κ1) is 17.8. The van der Waals surface area contributed by atoms with E-state index in [0.717, 1.165) is 39.0 Å². The zero-order valence-electron chi connectivity index (χ0n) is 15.9. The Bertz CT molecular complexity index is 655. The van der Waals surface area contributed by atoms with Crippen molar-refractivity contribution in [2.75, 3.05) is 44.2 Å². The number of carbonyl (C=O) groups excluding carboxylic acids is 1. The van der Waals surface area contributed by atoms with Crippen LogP contribution in [-0.4, -0.2) is 72.2 Å². The zero-order valence-corrected chi connectivity index (χ0v) is 15.9. The van der Waals surface area contributed by atoms with E-state index < -0.39 is 6.10 Å². The lowest BCUT2D eigenvalue weighted by molar-refractivity contribution is -0.129. The molecule has 5 nitrogen and oxygen atoms in total. The molecular formula is C21H31N3O2. The Morgan fingerprint density at radius 1 is 1.04 bits per heavy atom. The van der Waals surface area contributed by atoms with Crippen LogP contribution < -0.4 is 4.90 Å². The Kier molecular flexibility index (Phi) is 5.18. The van der Waals surface area contributed by atoms with Crippen LogP contribution in [0.3, 0.4) is 0 Å². The van der Waals surface area contributed by atoms with Gasteiger partial charge in [-0.1, -0.05) is 6.07 Å². The second-order valence-electron chi connectivity index (χ2n) is 8.14. The number of benzene rings is 1. The topological polar surface area (TPSA) is 47.0 Å². The molecule has 0 saturated carbocycles. The minimum atomic E-state index is -0.434. The van der Waals surface area contributed by atoms with E-state index in [1.165, 1.54) is 30.5 Å². The van der Waals surface area contributed by atoms with Gasteiger partial charge in [-0.2, -0.15) is 0 Å². The second kappa shape index (κ2) is 7.57. The van der Waals surface area contributed by atoms with Gasteiger partial charge in [-0.15, -0.1) is 0 Å². The molecule has 26 heavy (non-hydrogen) atoms. The molecule has 2 aliphatic heterocycles. The molecule has 4 rings (SSSR count). The van der Waals surface area contributed by atoms with E-state index in [4.69, 9.17) is 0 Å². The normalized spacial score (nSPS) is 25.2. The van der Waals surface area contributed by atoms with E-state index in [0.29, 0.717) is 19.1 Å². The summed E-state index contributed by atoms with van der Waals surface area (Å²) in [7, 11) is 0. The fourth-order valence-electron chi connectivity index (χ4n) is 4.88. The monoisotopic (exact) mass is 357 g/mol. The van der Waals surface area contributed by atoms with Crippen LogP contribution in [0.15, 0.2) is 18.2 Å². The van der Waals surface area contributed by atoms with Crippen molar-refractivity contribution in [3.63, 3.8) is 0 Å². The van der Waals surface area contributed by atoms with Crippen molar-refractivity contribution in [2.24, 2.45) is 0 Å². The summed E-state index contributed by atoms with van der Waals surface area (Å²) in [6.07, 6.45) is 5.60. The summed E-state index contributed by atoms with van der Waals surface area (Å²) in [4.78, 5) is 18.4. The summed E-state index contributed by atoms with van der Waals surface area (Å²) in [6, 6.07) is 7.54. The summed E-state index contributed by atoms with van der Waals surface area (Å²) < 4.78 is 0. The number of fused-ring (bicyclic) bond motifs is 1. The highest BCUT2D eigenvalue weighted by Gasteiger charge is 2.30. The Hall–Kier alpha value is -1.59. The van der Waals surface area contributed by atoms with Crippen LogP contribution in [0.1, 0.15) is 37.3 Å². The van der Waals surface area contributed by atoms with Gasteiger partial charge in [-0.05, 0) is 55.4 Å². The number of rotatable bonds is 2. The predicted octanol–water partition coefficient (Wildman–Crippen LogP) is 1.67. The maximum atomic E-state index is 11.7. The zero-order chi connectivity index (χ0) is 18.1. The van der Waals surface area contributed by atoms with Gasteiger partial charge in [0.05, 0.1) is 6.10 Å². The molecule has 0 bridgehead atoms. The summed E-state index contributed by atoms with van der Waals surface area (Å²) in [5.74, 6) is 0.0670. The van der Waals surface area contributed by atoms with Crippen molar-refractivity contribution in [1.29, 1.82) is 0 Å². The maximum Gasteiger partial charge on any atom is 0.219 e. The number of hydrogen-bond acceptors (Lipinski definition) is 4. The average Bonchev–Trinajstić information content (AvgIpc) is 3.02. The van der Waals surface area contributed by atoms with E-state index in [9.17, 15) is 9.90 Å². The Balaban J connectivity index is 1.35. The molecule has 1 N–H and O–H groups in total.